The molecule has 0 aliphatic carbocycles. The molecule has 4 aliphatic heterocycles. The zero-order chi connectivity index (χ0) is 46.2. The smallest absolute Gasteiger partial charge is 0.324 e. The number of rotatable bonds is 8. The molecule has 2 aromatic heterocycles. The van der Waals surface area contributed by atoms with E-state index in [4.69, 9.17) is 14.5 Å². The van der Waals surface area contributed by atoms with Crippen molar-refractivity contribution in [3.8, 4) is 22.4 Å². The van der Waals surface area contributed by atoms with E-state index in [0.29, 0.717) is 58.3 Å². The summed E-state index contributed by atoms with van der Waals surface area (Å²) < 4.78 is 14.3. The molecule has 65 heavy (non-hydrogen) atoms. The maximum absolute atomic E-state index is 14.7. The number of benzene rings is 2. The number of hydrazine groups is 1. The molecule has 0 radical (unpaired) electrons. The number of fused-ring (bicyclic) bond motifs is 6. The van der Waals surface area contributed by atoms with E-state index in [-0.39, 0.29) is 49.3 Å². The van der Waals surface area contributed by atoms with Crippen molar-refractivity contribution < 1.29 is 33.4 Å². The van der Waals surface area contributed by atoms with Crippen LogP contribution in [0.25, 0.3) is 33.3 Å². The molecule has 4 aromatic rings. The summed E-state index contributed by atoms with van der Waals surface area (Å²) in [6.45, 7) is 16.2. The molecular weight excluding hydrogens is 823 g/mol. The standard InChI is InChI=1S/C51H63N7O7/c1-8-43(59)55-23-20-36(29-55)48(61)57-24-19-31(3)45(57)47(60)53-41-26-33-13-10-14-34(25-33)35-17-18-42-38(27-35)39(46(56(42)9-2)37-15-11-21-52-44(37)32(4)64-7)28-51(5,6)30-65-50(63)40-16-12-22-58(54-40)49(41)62/h8,10-11,13-15,17-18,21,25,27,31-32,36,40-41,45,54H,1,9,12,16,19-20,22-24,26,28-30H2,2-7H3,(H,53,60)/t31-,32-,36-,40-,41-,45-/m0/s1. The van der Waals surface area contributed by atoms with Crippen molar-refractivity contribution in [3.63, 3.8) is 0 Å². The second-order valence-corrected chi connectivity index (χ2v) is 19.1. The summed E-state index contributed by atoms with van der Waals surface area (Å²) >= 11 is 0. The molecule has 3 fully saturated rings. The van der Waals surface area contributed by atoms with Gasteiger partial charge in [-0.25, -0.2) is 5.43 Å². The fourth-order valence-electron chi connectivity index (χ4n) is 10.4. The molecule has 14 heteroatoms. The third kappa shape index (κ3) is 9.20. The van der Waals surface area contributed by atoms with Crippen LogP contribution in [0.3, 0.4) is 0 Å². The summed E-state index contributed by atoms with van der Waals surface area (Å²) in [6.07, 6.45) is 5.74. The number of amides is 4. The van der Waals surface area contributed by atoms with Gasteiger partial charge in [0.2, 0.25) is 17.7 Å². The number of aryl methyl sites for hydroxylation is 1. The normalized spacial score (nSPS) is 24.1. The zero-order valence-corrected chi connectivity index (χ0v) is 38.6. The Morgan fingerprint density at radius 1 is 1.05 bits per heavy atom. The van der Waals surface area contributed by atoms with Crippen LogP contribution in [0.5, 0.6) is 0 Å². The summed E-state index contributed by atoms with van der Waals surface area (Å²) in [5, 5.41) is 5.63. The summed E-state index contributed by atoms with van der Waals surface area (Å²) in [5.41, 5.74) is 10.5. The lowest BCUT2D eigenvalue weighted by Crippen LogP contribution is -2.62. The fraction of sp³-hybridized carbons (Fsp3) is 0.490. The number of esters is 1. The number of likely N-dealkylation sites (tertiary alicyclic amines) is 2. The summed E-state index contributed by atoms with van der Waals surface area (Å²) in [6, 6.07) is 16.1. The fourth-order valence-corrected chi connectivity index (χ4v) is 10.4. The number of pyridine rings is 1. The highest BCUT2D eigenvalue weighted by Gasteiger charge is 2.45. The van der Waals surface area contributed by atoms with Crippen LogP contribution in [-0.4, -0.2) is 112 Å². The van der Waals surface area contributed by atoms with Crippen molar-refractivity contribution in [2.45, 2.75) is 104 Å². The van der Waals surface area contributed by atoms with Crippen molar-refractivity contribution in [1.29, 1.82) is 0 Å². The minimum Gasteiger partial charge on any atom is -0.464 e. The van der Waals surface area contributed by atoms with E-state index in [1.807, 2.05) is 32.0 Å². The summed E-state index contributed by atoms with van der Waals surface area (Å²) in [7, 11) is 1.69. The largest absolute Gasteiger partial charge is 0.464 e. The van der Waals surface area contributed by atoms with Gasteiger partial charge in [-0.15, -0.1) is 0 Å². The molecule has 6 bridgehead atoms. The van der Waals surface area contributed by atoms with Gasteiger partial charge in [0.25, 0.3) is 5.91 Å². The monoisotopic (exact) mass is 885 g/mol. The van der Waals surface area contributed by atoms with E-state index in [0.717, 1.165) is 50.1 Å². The van der Waals surface area contributed by atoms with Gasteiger partial charge in [-0.05, 0) is 104 Å². The van der Waals surface area contributed by atoms with Crippen molar-refractivity contribution in [1.82, 2.24) is 35.1 Å². The van der Waals surface area contributed by atoms with Crippen molar-refractivity contribution >= 4 is 40.5 Å². The van der Waals surface area contributed by atoms with E-state index in [9.17, 15) is 24.0 Å². The van der Waals surface area contributed by atoms with Gasteiger partial charge in [-0.1, -0.05) is 57.7 Å². The third-order valence-electron chi connectivity index (χ3n) is 13.9. The molecule has 0 spiro atoms. The maximum atomic E-state index is 14.7. The second kappa shape index (κ2) is 18.9. The van der Waals surface area contributed by atoms with Crippen LogP contribution in [0.15, 0.2) is 73.4 Å². The number of carbonyl (C=O) groups is 5. The highest BCUT2D eigenvalue weighted by Crippen LogP contribution is 2.42. The lowest BCUT2D eigenvalue weighted by Gasteiger charge is -2.36. The molecule has 4 amide bonds. The Kier molecular flexibility index (Phi) is 13.3. The van der Waals surface area contributed by atoms with Crippen molar-refractivity contribution in [2.75, 3.05) is 39.9 Å². The molecule has 14 nitrogen and oxygen atoms in total. The molecule has 0 saturated carbocycles. The quantitative estimate of drug-likeness (QED) is 0.160. The number of cyclic esters (lactones) is 1. The highest BCUT2D eigenvalue weighted by molar-refractivity contribution is 5.96. The van der Waals surface area contributed by atoms with Crippen molar-refractivity contribution in [3.05, 3.63) is 90.3 Å². The number of methoxy groups -OCH3 is 1. The number of carbonyl (C=O) groups excluding carboxylic acids is 5. The molecular formula is C51H63N7O7. The van der Waals surface area contributed by atoms with Gasteiger partial charge in [0.05, 0.1) is 30.0 Å². The van der Waals surface area contributed by atoms with Gasteiger partial charge >= 0.3 is 5.97 Å². The highest BCUT2D eigenvalue weighted by atomic mass is 16.5. The van der Waals surface area contributed by atoms with Crippen molar-refractivity contribution in [2.24, 2.45) is 17.3 Å². The van der Waals surface area contributed by atoms with Gasteiger partial charge < -0.3 is 29.2 Å². The number of ether oxygens (including phenoxy) is 2. The van der Waals surface area contributed by atoms with E-state index in [1.165, 1.54) is 11.1 Å². The third-order valence-corrected chi connectivity index (χ3v) is 13.9. The number of nitrogens with one attached hydrogen (secondary N) is 2. The topological polar surface area (TPSA) is 155 Å². The summed E-state index contributed by atoms with van der Waals surface area (Å²) in [5.74, 6) is -2.18. The van der Waals surface area contributed by atoms with Crippen LogP contribution in [0.2, 0.25) is 0 Å². The average molecular weight is 886 g/mol. The lowest BCUT2D eigenvalue weighted by atomic mass is 9.84. The Morgan fingerprint density at radius 3 is 2.62 bits per heavy atom. The first kappa shape index (κ1) is 45.7. The molecule has 3 saturated heterocycles. The van der Waals surface area contributed by atoms with Crippen LogP contribution in [0.4, 0.5) is 0 Å². The minimum atomic E-state index is -1.02. The first-order chi connectivity index (χ1) is 31.2. The Bertz CT molecular complexity index is 2500. The van der Waals surface area contributed by atoms with Gasteiger partial charge in [0.15, 0.2) is 0 Å². The predicted octanol–water partition coefficient (Wildman–Crippen LogP) is 6.02. The second-order valence-electron chi connectivity index (χ2n) is 19.1. The Morgan fingerprint density at radius 2 is 1.85 bits per heavy atom. The maximum Gasteiger partial charge on any atom is 0.324 e. The zero-order valence-electron chi connectivity index (χ0n) is 38.6. The molecule has 2 aromatic carbocycles. The Balaban J connectivity index is 1.18. The molecule has 2 N–H and O–H groups in total. The Labute approximate surface area is 381 Å². The first-order valence-corrected chi connectivity index (χ1v) is 23.2. The molecule has 6 heterocycles. The van der Waals surface area contributed by atoms with Gasteiger partial charge in [0, 0.05) is 74.3 Å². The molecule has 8 rings (SSSR count). The molecule has 6 atom stereocenters. The molecule has 4 aliphatic rings. The first-order valence-electron chi connectivity index (χ1n) is 23.2. The van der Waals surface area contributed by atoms with Gasteiger partial charge in [-0.3, -0.25) is 34.0 Å². The number of hydrogen-bond acceptors (Lipinski definition) is 9. The van der Waals surface area contributed by atoms with Crippen LogP contribution in [-0.2, 0) is 52.8 Å². The molecule has 344 valence electrons. The predicted molar refractivity (Wildman–Crippen MR) is 248 cm³/mol. The minimum absolute atomic E-state index is 0.142. The average Bonchev–Trinajstić information content (AvgIpc) is 4.05. The van der Waals surface area contributed by atoms with E-state index < -0.39 is 41.3 Å². The van der Waals surface area contributed by atoms with E-state index in [2.05, 4.69) is 79.1 Å². The molecule has 0 unspecified atom stereocenters. The van der Waals surface area contributed by atoms with Gasteiger partial charge in [-0.2, -0.15) is 0 Å². The number of hydrogen-bond donors (Lipinski definition) is 2. The van der Waals surface area contributed by atoms with E-state index in [1.54, 1.807) is 23.1 Å². The van der Waals surface area contributed by atoms with Gasteiger partial charge in [0.1, 0.15) is 18.1 Å². The number of aromatic nitrogens is 2. The number of nitrogens with zero attached hydrogens (tertiary/aromatic N) is 5. The summed E-state index contributed by atoms with van der Waals surface area (Å²) in [4.78, 5) is 77.6. The van der Waals surface area contributed by atoms with Crippen LogP contribution >= 0.6 is 0 Å². The van der Waals surface area contributed by atoms with Crippen LogP contribution in [0, 0.1) is 17.3 Å². The SMILES string of the molecule is C=CC(=O)N1CC[C@H](C(=O)N2CC[C@H](C)[C@H]2C(=O)N[C@H]2Cc3cccc(c3)-c3ccc4c(c3)c(c(-c3cccnc3[C@H](C)OC)n4CC)CC(C)(C)COC(=O)[C@@H]3CCCN(N3)C2=O)C1. The lowest BCUT2D eigenvalue weighted by molar-refractivity contribution is -0.155. The van der Waals surface area contributed by atoms with Crippen LogP contribution < -0.4 is 10.7 Å². The Hall–Kier alpha value is -5.86. The van der Waals surface area contributed by atoms with Crippen LogP contribution in [0.1, 0.15) is 83.2 Å². The van der Waals surface area contributed by atoms with E-state index >= 15 is 0 Å².